The zero-order chi connectivity index (χ0) is 23.4. The fourth-order valence-corrected chi connectivity index (χ4v) is 3.77. The highest BCUT2D eigenvalue weighted by Gasteiger charge is 2.21. The third-order valence-electron chi connectivity index (χ3n) is 5.69. The number of benzene rings is 1. The second kappa shape index (κ2) is 18.5. The Morgan fingerprint density at radius 2 is 1.50 bits per heavy atom. The van der Waals surface area contributed by atoms with Crippen LogP contribution in [0.3, 0.4) is 0 Å². The third-order valence-corrected chi connectivity index (χ3v) is 5.69. The van der Waals surface area contributed by atoms with Crippen molar-refractivity contribution in [3.63, 3.8) is 0 Å². The Bertz CT molecular complexity index is 630. The summed E-state index contributed by atoms with van der Waals surface area (Å²) in [4.78, 5) is 23.4. The molecule has 0 heterocycles. The first-order chi connectivity index (χ1) is 15.6. The van der Waals surface area contributed by atoms with Gasteiger partial charge in [0.25, 0.3) is 0 Å². The molecule has 1 atom stereocenters. The minimum Gasteiger partial charge on any atom is -0.493 e. The summed E-state index contributed by atoms with van der Waals surface area (Å²) < 4.78 is 15.7. The number of esters is 2. The number of unbranched alkanes of at least 4 members (excludes halogenated alkanes) is 8. The molecule has 0 saturated heterocycles. The van der Waals surface area contributed by atoms with Crippen LogP contribution in [0, 0.1) is 5.92 Å². The van der Waals surface area contributed by atoms with Gasteiger partial charge in [-0.2, -0.15) is 0 Å². The van der Waals surface area contributed by atoms with Crippen LogP contribution >= 0.6 is 0 Å². The van der Waals surface area contributed by atoms with Gasteiger partial charge >= 0.3 is 11.9 Å². The molecule has 1 unspecified atom stereocenters. The van der Waals surface area contributed by atoms with Crippen LogP contribution in [0.1, 0.15) is 82.6 Å². The molecule has 0 amide bonds. The number of ether oxygens (including phenoxy) is 3. The standard InChI is InChI=1S/C26H42O6/c1-30-25(28)18-10-5-3-4-8-14-20-32-24-17-12-11-15-22(24)21-23(26(29)31-2)16-9-6-7-13-19-27/h11-12,15,17,23,27H,3-10,13-14,16,18-21H2,1-2H3. The number of aliphatic hydroxyl groups is 1. The number of para-hydroxylation sites is 1. The molecule has 0 spiro atoms. The van der Waals surface area contributed by atoms with Crippen LogP contribution in [0.25, 0.3) is 0 Å². The van der Waals surface area contributed by atoms with E-state index in [9.17, 15) is 9.59 Å². The lowest BCUT2D eigenvalue weighted by molar-refractivity contribution is -0.145. The van der Waals surface area contributed by atoms with Crippen LogP contribution in [0.2, 0.25) is 0 Å². The zero-order valence-corrected chi connectivity index (χ0v) is 20.0. The predicted octanol–water partition coefficient (Wildman–Crippen LogP) is 5.24. The van der Waals surface area contributed by atoms with Gasteiger partial charge in [-0.05, 0) is 43.7 Å². The number of carbonyl (C=O) groups excluding carboxylic acids is 2. The zero-order valence-electron chi connectivity index (χ0n) is 20.0. The lowest BCUT2D eigenvalue weighted by Crippen LogP contribution is -2.19. The molecule has 182 valence electrons. The van der Waals surface area contributed by atoms with Crippen molar-refractivity contribution in [2.45, 2.75) is 83.5 Å². The summed E-state index contributed by atoms with van der Waals surface area (Å²) in [5, 5.41) is 8.90. The Kier molecular flexibility index (Phi) is 16.1. The molecule has 1 aromatic rings. The van der Waals surface area contributed by atoms with E-state index >= 15 is 0 Å². The van der Waals surface area contributed by atoms with E-state index < -0.39 is 0 Å². The van der Waals surface area contributed by atoms with Gasteiger partial charge in [0.05, 0.1) is 26.7 Å². The Morgan fingerprint density at radius 1 is 0.844 bits per heavy atom. The van der Waals surface area contributed by atoms with Crippen molar-refractivity contribution in [3.05, 3.63) is 29.8 Å². The first-order valence-corrected chi connectivity index (χ1v) is 12.1. The van der Waals surface area contributed by atoms with Gasteiger partial charge in [0.1, 0.15) is 5.75 Å². The van der Waals surface area contributed by atoms with Crippen LogP contribution in [0.15, 0.2) is 24.3 Å². The molecular weight excluding hydrogens is 408 g/mol. The lowest BCUT2D eigenvalue weighted by atomic mass is 9.93. The molecule has 1 rings (SSSR count). The number of hydrogen-bond acceptors (Lipinski definition) is 6. The SMILES string of the molecule is COC(=O)CCCCCCCCOc1ccccc1CC(CCCCCCO)C(=O)OC. The van der Waals surface area contributed by atoms with E-state index in [-0.39, 0.29) is 24.5 Å². The molecule has 0 aliphatic heterocycles. The van der Waals surface area contributed by atoms with Crippen LogP contribution in [-0.2, 0) is 25.5 Å². The van der Waals surface area contributed by atoms with Gasteiger partial charge in [0.15, 0.2) is 0 Å². The van der Waals surface area contributed by atoms with Crippen molar-refractivity contribution < 1.29 is 28.9 Å². The molecular formula is C26H42O6. The van der Waals surface area contributed by atoms with Gasteiger partial charge in [0.2, 0.25) is 0 Å². The molecule has 1 aromatic carbocycles. The molecule has 0 bridgehead atoms. The first-order valence-electron chi connectivity index (χ1n) is 12.1. The van der Waals surface area contributed by atoms with Crippen LogP contribution in [0.4, 0.5) is 0 Å². The third kappa shape index (κ3) is 12.7. The van der Waals surface area contributed by atoms with Crippen molar-refractivity contribution >= 4 is 11.9 Å². The van der Waals surface area contributed by atoms with E-state index in [0.29, 0.717) is 19.4 Å². The Morgan fingerprint density at radius 3 is 2.22 bits per heavy atom. The summed E-state index contributed by atoms with van der Waals surface area (Å²) in [6, 6.07) is 7.93. The maximum Gasteiger partial charge on any atom is 0.308 e. The first kappa shape index (κ1) is 28.0. The predicted molar refractivity (Wildman–Crippen MR) is 126 cm³/mol. The largest absolute Gasteiger partial charge is 0.493 e. The van der Waals surface area contributed by atoms with Crippen LogP contribution < -0.4 is 4.74 Å². The molecule has 32 heavy (non-hydrogen) atoms. The summed E-state index contributed by atoms with van der Waals surface area (Å²) in [5.74, 6) is 0.367. The molecule has 6 nitrogen and oxygen atoms in total. The second-order valence-corrected chi connectivity index (χ2v) is 8.25. The highest BCUT2D eigenvalue weighted by molar-refractivity contribution is 5.72. The van der Waals surface area contributed by atoms with Gasteiger partial charge in [-0.25, -0.2) is 0 Å². The van der Waals surface area contributed by atoms with E-state index in [0.717, 1.165) is 81.9 Å². The van der Waals surface area contributed by atoms with Gasteiger partial charge < -0.3 is 19.3 Å². The minimum absolute atomic E-state index is 0.131. The minimum atomic E-state index is -0.177. The molecule has 0 fully saturated rings. The van der Waals surface area contributed by atoms with Crippen LogP contribution in [0.5, 0.6) is 5.75 Å². The number of rotatable bonds is 19. The van der Waals surface area contributed by atoms with Crippen LogP contribution in [-0.4, -0.2) is 44.5 Å². The maximum absolute atomic E-state index is 12.3. The Balaban J connectivity index is 2.37. The van der Waals surface area contributed by atoms with E-state index in [1.165, 1.54) is 14.2 Å². The van der Waals surface area contributed by atoms with Crippen molar-refractivity contribution in [1.29, 1.82) is 0 Å². The topological polar surface area (TPSA) is 82.1 Å². The fraction of sp³-hybridized carbons (Fsp3) is 0.692. The molecule has 0 aromatic heterocycles. The van der Waals surface area contributed by atoms with E-state index in [1.807, 2.05) is 24.3 Å². The molecule has 0 saturated carbocycles. The van der Waals surface area contributed by atoms with Crippen molar-refractivity contribution in [3.8, 4) is 5.75 Å². The maximum atomic E-state index is 12.3. The summed E-state index contributed by atoms with van der Waals surface area (Å²) >= 11 is 0. The molecule has 0 aliphatic rings. The van der Waals surface area contributed by atoms with Gasteiger partial charge in [0, 0.05) is 13.0 Å². The molecule has 0 radical (unpaired) electrons. The van der Waals surface area contributed by atoms with Crippen molar-refractivity contribution in [1.82, 2.24) is 0 Å². The lowest BCUT2D eigenvalue weighted by Gasteiger charge is -2.17. The average molecular weight is 451 g/mol. The van der Waals surface area contributed by atoms with E-state index in [4.69, 9.17) is 14.6 Å². The molecule has 1 N–H and O–H groups in total. The number of aliphatic hydroxyl groups excluding tert-OH is 1. The van der Waals surface area contributed by atoms with Gasteiger partial charge in [-0.1, -0.05) is 63.1 Å². The average Bonchev–Trinajstić information content (AvgIpc) is 2.82. The highest BCUT2D eigenvalue weighted by atomic mass is 16.5. The second-order valence-electron chi connectivity index (χ2n) is 8.25. The molecule has 0 aliphatic carbocycles. The van der Waals surface area contributed by atoms with Gasteiger partial charge in [-0.3, -0.25) is 9.59 Å². The van der Waals surface area contributed by atoms with Crippen molar-refractivity contribution in [2.24, 2.45) is 5.92 Å². The van der Waals surface area contributed by atoms with Gasteiger partial charge in [-0.15, -0.1) is 0 Å². The normalized spacial score (nSPS) is 11.7. The number of hydrogen-bond donors (Lipinski definition) is 1. The monoisotopic (exact) mass is 450 g/mol. The summed E-state index contributed by atoms with van der Waals surface area (Å²) in [6.07, 6.45) is 11.9. The summed E-state index contributed by atoms with van der Waals surface area (Å²) in [6.45, 7) is 0.879. The summed E-state index contributed by atoms with van der Waals surface area (Å²) in [7, 11) is 2.87. The molecule has 6 heteroatoms. The van der Waals surface area contributed by atoms with Crippen molar-refractivity contribution in [2.75, 3.05) is 27.4 Å². The van der Waals surface area contributed by atoms with E-state index in [2.05, 4.69) is 4.74 Å². The quantitative estimate of drug-likeness (QED) is 0.229. The number of carbonyl (C=O) groups is 2. The van der Waals surface area contributed by atoms with E-state index in [1.54, 1.807) is 0 Å². The smallest absolute Gasteiger partial charge is 0.308 e. The summed E-state index contributed by atoms with van der Waals surface area (Å²) in [5.41, 5.74) is 1.04. The highest BCUT2D eigenvalue weighted by Crippen LogP contribution is 2.25. The number of methoxy groups -OCH3 is 2. The fourth-order valence-electron chi connectivity index (χ4n) is 3.77. The Labute approximate surface area is 193 Å². The Hall–Kier alpha value is -2.08.